The van der Waals surface area contributed by atoms with Crippen LogP contribution in [0.15, 0.2) is 217 Å². The van der Waals surface area contributed by atoms with Crippen LogP contribution in [-0.2, 0) is 0 Å². The van der Waals surface area contributed by atoms with Gasteiger partial charge in [-0.3, -0.25) is 9.20 Å². The standard InChI is InChI=1S/C61H35N3O/c65-61-49-24-9-7-20-42(49)47-25-14-26-48-45-30-29-36(31-56(45)64(61)60(47)48)50-32-38(33-53-41-19-5-4-17-39(41)40-18-6-8-23-46(40)59(50)53)63-55-28-13-11-22-44(55)52-34-57-51(35-58(52)63)43-21-10-12-27-54(43)62(57)37-15-2-1-3-16-37/h1-35H. The molecule has 11 aromatic carbocycles. The average Bonchev–Trinajstić information content (AvgIpc) is 4.00. The number of hydrogen-bond acceptors (Lipinski definition) is 1. The lowest BCUT2D eigenvalue weighted by atomic mass is 9.88. The highest BCUT2D eigenvalue weighted by molar-refractivity contribution is 6.30. The number of pyridine rings is 1. The third kappa shape index (κ3) is 4.57. The Hall–Kier alpha value is -8.73. The van der Waals surface area contributed by atoms with Crippen molar-refractivity contribution in [3.8, 4) is 22.5 Å². The van der Waals surface area contributed by atoms with Gasteiger partial charge in [0.2, 0.25) is 0 Å². The number of nitrogens with zero attached hydrogens (tertiary/aromatic N) is 3. The van der Waals surface area contributed by atoms with E-state index < -0.39 is 0 Å². The van der Waals surface area contributed by atoms with E-state index in [0.717, 1.165) is 71.5 Å². The molecule has 300 valence electrons. The first kappa shape index (κ1) is 34.8. The van der Waals surface area contributed by atoms with Gasteiger partial charge in [0, 0.05) is 54.5 Å². The van der Waals surface area contributed by atoms with Crippen LogP contribution in [0.25, 0.3) is 136 Å². The quantitative estimate of drug-likeness (QED) is 0.163. The average molecular weight is 826 g/mol. The van der Waals surface area contributed by atoms with Crippen molar-refractivity contribution in [1.29, 1.82) is 0 Å². The van der Waals surface area contributed by atoms with Crippen LogP contribution in [0.5, 0.6) is 0 Å². The third-order valence-corrected chi connectivity index (χ3v) is 14.3. The van der Waals surface area contributed by atoms with Crippen LogP contribution in [0.3, 0.4) is 0 Å². The van der Waals surface area contributed by atoms with Gasteiger partial charge in [0.05, 0.1) is 33.1 Å². The smallest absolute Gasteiger partial charge is 0.263 e. The van der Waals surface area contributed by atoms with Gasteiger partial charge in [0.15, 0.2) is 0 Å². The lowest BCUT2D eigenvalue weighted by Gasteiger charge is -2.18. The van der Waals surface area contributed by atoms with E-state index in [1.807, 2.05) is 22.6 Å². The highest BCUT2D eigenvalue weighted by Crippen LogP contribution is 2.46. The van der Waals surface area contributed by atoms with E-state index in [0.29, 0.717) is 0 Å². The van der Waals surface area contributed by atoms with E-state index in [1.54, 1.807) is 0 Å². The molecular weight excluding hydrogens is 791 g/mol. The topological polar surface area (TPSA) is 31.3 Å². The van der Waals surface area contributed by atoms with Crippen molar-refractivity contribution in [3.63, 3.8) is 0 Å². The number of aromatic nitrogens is 3. The van der Waals surface area contributed by atoms with E-state index in [4.69, 9.17) is 0 Å². The summed E-state index contributed by atoms with van der Waals surface area (Å²) >= 11 is 0. The molecule has 0 radical (unpaired) electrons. The molecule has 0 atom stereocenters. The van der Waals surface area contributed by atoms with Crippen molar-refractivity contribution in [1.82, 2.24) is 13.5 Å². The minimum absolute atomic E-state index is 0.0109. The van der Waals surface area contributed by atoms with E-state index in [2.05, 4.69) is 203 Å². The molecule has 65 heavy (non-hydrogen) atoms. The van der Waals surface area contributed by atoms with E-state index in [-0.39, 0.29) is 5.56 Å². The fourth-order valence-corrected chi connectivity index (χ4v) is 11.6. The third-order valence-electron chi connectivity index (χ3n) is 14.3. The van der Waals surface area contributed by atoms with Gasteiger partial charge in [0.25, 0.3) is 5.56 Å². The van der Waals surface area contributed by atoms with Crippen LogP contribution in [0, 0.1) is 0 Å². The molecule has 4 nitrogen and oxygen atoms in total. The molecule has 0 saturated carbocycles. The van der Waals surface area contributed by atoms with Gasteiger partial charge in [-0.05, 0) is 109 Å². The van der Waals surface area contributed by atoms with E-state index in [9.17, 15) is 4.79 Å². The number of hydrogen-bond donors (Lipinski definition) is 0. The zero-order valence-corrected chi connectivity index (χ0v) is 35.0. The van der Waals surface area contributed by atoms with Crippen LogP contribution in [0.4, 0.5) is 0 Å². The van der Waals surface area contributed by atoms with E-state index >= 15 is 0 Å². The fraction of sp³-hybridized carbons (Fsp3) is 0. The van der Waals surface area contributed by atoms with Crippen LogP contribution in [0.2, 0.25) is 0 Å². The second-order valence-electron chi connectivity index (χ2n) is 17.6. The Kier molecular flexibility index (Phi) is 6.79. The summed E-state index contributed by atoms with van der Waals surface area (Å²) in [6.45, 7) is 0. The first-order valence-corrected chi connectivity index (χ1v) is 22.3. The van der Waals surface area contributed by atoms with Crippen LogP contribution >= 0.6 is 0 Å². The molecular formula is C61H35N3O. The van der Waals surface area contributed by atoms with Gasteiger partial charge < -0.3 is 9.13 Å². The molecule has 4 heterocycles. The highest BCUT2D eigenvalue weighted by Gasteiger charge is 2.23. The van der Waals surface area contributed by atoms with E-state index in [1.165, 1.54) is 64.9 Å². The summed E-state index contributed by atoms with van der Waals surface area (Å²) < 4.78 is 6.85. The van der Waals surface area contributed by atoms with Gasteiger partial charge in [-0.25, -0.2) is 0 Å². The Morgan fingerprint density at radius 3 is 1.42 bits per heavy atom. The lowest BCUT2D eigenvalue weighted by Crippen LogP contribution is -2.12. The number of benzene rings is 11. The second kappa shape index (κ2) is 12.7. The Balaban J connectivity index is 1.10. The van der Waals surface area contributed by atoms with Gasteiger partial charge in [-0.1, -0.05) is 152 Å². The minimum atomic E-state index is 0.0109. The second-order valence-corrected chi connectivity index (χ2v) is 17.6. The van der Waals surface area contributed by atoms with Crippen LogP contribution in [-0.4, -0.2) is 13.5 Å². The van der Waals surface area contributed by atoms with Gasteiger partial charge in [-0.15, -0.1) is 0 Å². The maximum atomic E-state index is 14.6. The molecule has 0 spiro atoms. The van der Waals surface area contributed by atoms with Crippen LogP contribution < -0.4 is 5.56 Å². The predicted octanol–water partition coefficient (Wildman–Crippen LogP) is 15.5. The molecule has 0 N–H and O–H groups in total. The molecule has 0 aliphatic carbocycles. The van der Waals surface area contributed by atoms with Gasteiger partial charge in [-0.2, -0.15) is 0 Å². The summed E-state index contributed by atoms with van der Waals surface area (Å²) in [4.78, 5) is 14.6. The fourth-order valence-electron chi connectivity index (χ4n) is 11.6. The first-order valence-electron chi connectivity index (χ1n) is 22.3. The number of rotatable bonds is 3. The van der Waals surface area contributed by atoms with Gasteiger partial charge >= 0.3 is 0 Å². The summed E-state index contributed by atoms with van der Waals surface area (Å²) in [5, 5.41) is 17.1. The molecule has 4 heteroatoms. The Morgan fingerprint density at radius 1 is 0.277 bits per heavy atom. The normalized spacial score (nSPS) is 12.4. The molecule has 0 fully saturated rings. The largest absolute Gasteiger partial charge is 0.309 e. The summed E-state index contributed by atoms with van der Waals surface area (Å²) in [6.07, 6.45) is 0. The first-order chi connectivity index (χ1) is 32.2. The highest BCUT2D eigenvalue weighted by atomic mass is 16.1. The van der Waals surface area contributed by atoms with Crippen molar-refractivity contribution in [2.24, 2.45) is 0 Å². The van der Waals surface area contributed by atoms with Crippen molar-refractivity contribution >= 4 is 114 Å². The van der Waals surface area contributed by atoms with Crippen molar-refractivity contribution in [2.75, 3.05) is 0 Å². The monoisotopic (exact) mass is 825 g/mol. The SMILES string of the molecule is O=c1c2ccccc2c2cccc3c4ccc(-c5cc(-n6c7ccccc7c7cc8c(cc76)c6ccccc6n8-c6ccccc6)cc6c7ccccc7c7ccccc7c56)cc4n1c23. The Morgan fingerprint density at radius 2 is 0.754 bits per heavy atom. The predicted molar refractivity (Wildman–Crippen MR) is 274 cm³/mol. The van der Waals surface area contributed by atoms with Gasteiger partial charge in [0.1, 0.15) is 0 Å². The number of fused-ring (bicyclic) bond motifs is 17. The Bertz CT molecular complexity index is 4610. The molecule has 4 aromatic heterocycles. The molecule has 0 saturated heterocycles. The van der Waals surface area contributed by atoms with Crippen molar-refractivity contribution in [3.05, 3.63) is 223 Å². The lowest BCUT2D eigenvalue weighted by molar-refractivity contribution is 1.18. The summed E-state index contributed by atoms with van der Waals surface area (Å²) in [5.74, 6) is 0. The van der Waals surface area contributed by atoms with Crippen molar-refractivity contribution in [2.45, 2.75) is 0 Å². The molecule has 0 bridgehead atoms. The molecule has 0 unspecified atom stereocenters. The zero-order chi connectivity index (χ0) is 42.5. The number of para-hydroxylation sites is 4. The minimum Gasteiger partial charge on any atom is -0.309 e. The molecule has 15 rings (SSSR count). The molecule has 15 aromatic rings. The van der Waals surface area contributed by atoms with Crippen molar-refractivity contribution < 1.29 is 0 Å². The summed E-state index contributed by atoms with van der Waals surface area (Å²) in [6, 6.07) is 76.8. The zero-order valence-electron chi connectivity index (χ0n) is 35.0. The van der Waals surface area contributed by atoms with Crippen LogP contribution in [0.1, 0.15) is 0 Å². The molecule has 0 aliphatic rings. The molecule has 0 aliphatic heterocycles. The Labute approximate surface area is 371 Å². The summed E-state index contributed by atoms with van der Waals surface area (Å²) in [5.41, 5.74) is 11.0. The maximum Gasteiger partial charge on any atom is 0.263 e. The summed E-state index contributed by atoms with van der Waals surface area (Å²) in [7, 11) is 0. The molecule has 0 amide bonds. The maximum absolute atomic E-state index is 14.6.